The van der Waals surface area contributed by atoms with Crippen molar-refractivity contribution >= 4 is 15.9 Å². The highest BCUT2D eigenvalue weighted by Crippen LogP contribution is 2.18. The Kier molecular flexibility index (Phi) is 5.15. The highest BCUT2D eigenvalue weighted by Gasteiger charge is 2.14. The predicted octanol–water partition coefficient (Wildman–Crippen LogP) is 3.16. The molecular weight excluding hydrogens is 295 g/mol. The molecule has 1 aliphatic rings. The first-order valence-electron chi connectivity index (χ1n) is 6.55. The molecule has 1 fully saturated rings. The molecular formula is C14H20BrFN2. The lowest BCUT2D eigenvalue weighted by Gasteiger charge is -2.21. The Balaban J connectivity index is 1.79. The van der Waals surface area contributed by atoms with Crippen LogP contribution in [-0.4, -0.2) is 30.6 Å². The maximum absolute atomic E-state index is 13.0. The van der Waals surface area contributed by atoms with Gasteiger partial charge in [0.25, 0.3) is 0 Å². The fourth-order valence-electron chi connectivity index (χ4n) is 2.37. The summed E-state index contributed by atoms with van der Waals surface area (Å²) < 4.78 is 13.8. The second-order valence-electron chi connectivity index (χ2n) is 5.03. The summed E-state index contributed by atoms with van der Waals surface area (Å²) in [6, 6.07) is 5.31. The van der Waals surface area contributed by atoms with E-state index in [4.69, 9.17) is 0 Å². The molecule has 1 saturated heterocycles. The number of rotatable bonds is 5. The smallest absolute Gasteiger partial charge is 0.124 e. The maximum atomic E-state index is 13.0. The molecule has 1 heterocycles. The summed E-state index contributed by atoms with van der Waals surface area (Å²) in [6.07, 6.45) is 2.66. The van der Waals surface area contributed by atoms with Crippen molar-refractivity contribution in [3.8, 4) is 0 Å². The van der Waals surface area contributed by atoms with Gasteiger partial charge < -0.3 is 10.2 Å². The van der Waals surface area contributed by atoms with E-state index in [1.807, 2.05) is 6.07 Å². The summed E-state index contributed by atoms with van der Waals surface area (Å²) in [6.45, 7) is 6.53. The van der Waals surface area contributed by atoms with Crippen molar-refractivity contribution in [3.05, 3.63) is 34.1 Å². The van der Waals surface area contributed by atoms with E-state index in [0.717, 1.165) is 23.1 Å². The van der Waals surface area contributed by atoms with Crippen LogP contribution in [0.5, 0.6) is 0 Å². The van der Waals surface area contributed by atoms with Crippen LogP contribution in [0, 0.1) is 5.82 Å². The van der Waals surface area contributed by atoms with Crippen LogP contribution in [0.2, 0.25) is 0 Å². The quantitative estimate of drug-likeness (QED) is 0.898. The molecule has 1 N–H and O–H groups in total. The van der Waals surface area contributed by atoms with Gasteiger partial charge in [0.2, 0.25) is 0 Å². The third kappa shape index (κ3) is 4.04. The van der Waals surface area contributed by atoms with Crippen molar-refractivity contribution in [1.29, 1.82) is 0 Å². The van der Waals surface area contributed by atoms with Gasteiger partial charge in [0.15, 0.2) is 0 Å². The van der Waals surface area contributed by atoms with Crippen LogP contribution < -0.4 is 5.32 Å². The molecule has 1 atom stereocenters. The molecule has 0 aliphatic carbocycles. The zero-order valence-corrected chi connectivity index (χ0v) is 12.3. The van der Waals surface area contributed by atoms with Gasteiger partial charge in [0, 0.05) is 23.6 Å². The molecule has 18 heavy (non-hydrogen) atoms. The van der Waals surface area contributed by atoms with E-state index in [2.05, 4.69) is 33.1 Å². The molecule has 1 aromatic rings. The third-order valence-electron chi connectivity index (χ3n) is 3.39. The Hall–Kier alpha value is -0.450. The number of hydrogen-bond donors (Lipinski definition) is 1. The van der Waals surface area contributed by atoms with Gasteiger partial charge in [-0.1, -0.05) is 22.0 Å². The zero-order valence-electron chi connectivity index (χ0n) is 10.8. The van der Waals surface area contributed by atoms with Crippen molar-refractivity contribution in [2.24, 2.45) is 0 Å². The summed E-state index contributed by atoms with van der Waals surface area (Å²) in [5.74, 6) is -0.198. The van der Waals surface area contributed by atoms with E-state index in [1.54, 1.807) is 0 Å². The third-order valence-corrected chi connectivity index (χ3v) is 4.13. The molecule has 0 amide bonds. The number of nitrogens with zero attached hydrogens (tertiary/aromatic N) is 1. The van der Waals surface area contributed by atoms with Gasteiger partial charge in [-0.15, -0.1) is 0 Å². The Morgan fingerprint density at radius 3 is 2.78 bits per heavy atom. The second kappa shape index (κ2) is 6.64. The molecule has 100 valence electrons. The van der Waals surface area contributed by atoms with Crippen LogP contribution in [0.15, 0.2) is 22.7 Å². The summed E-state index contributed by atoms with van der Waals surface area (Å²) >= 11 is 3.39. The molecule has 4 heteroatoms. The van der Waals surface area contributed by atoms with Crippen LogP contribution >= 0.6 is 15.9 Å². The summed E-state index contributed by atoms with van der Waals surface area (Å²) in [5, 5.41) is 3.49. The molecule has 0 spiro atoms. The Morgan fingerprint density at radius 1 is 1.39 bits per heavy atom. The van der Waals surface area contributed by atoms with Crippen molar-refractivity contribution in [2.75, 3.05) is 19.6 Å². The fourth-order valence-corrected chi connectivity index (χ4v) is 2.86. The van der Waals surface area contributed by atoms with Gasteiger partial charge in [0.05, 0.1) is 0 Å². The van der Waals surface area contributed by atoms with Crippen LogP contribution in [0.4, 0.5) is 4.39 Å². The predicted molar refractivity (Wildman–Crippen MR) is 76.1 cm³/mol. The standard InChI is InChI=1S/C14H20BrFN2/c1-11(10-18-6-2-3-7-18)17-9-12-4-5-13(16)8-14(12)15/h4-5,8,11,17H,2-3,6-7,9-10H2,1H3. The Labute approximate surface area is 117 Å². The highest BCUT2D eigenvalue weighted by molar-refractivity contribution is 9.10. The van der Waals surface area contributed by atoms with Crippen molar-refractivity contribution in [2.45, 2.75) is 32.4 Å². The van der Waals surface area contributed by atoms with Crippen LogP contribution in [-0.2, 0) is 6.54 Å². The average molecular weight is 315 g/mol. The largest absolute Gasteiger partial charge is 0.309 e. The zero-order chi connectivity index (χ0) is 13.0. The molecule has 0 aromatic heterocycles. The number of likely N-dealkylation sites (tertiary alicyclic amines) is 1. The maximum Gasteiger partial charge on any atom is 0.124 e. The van der Waals surface area contributed by atoms with E-state index in [-0.39, 0.29) is 5.82 Å². The summed E-state index contributed by atoms with van der Waals surface area (Å²) in [7, 11) is 0. The van der Waals surface area contributed by atoms with Crippen LogP contribution in [0.1, 0.15) is 25.3 Å². The number of hydrogen-bond acceptors (Lipinski definition) is 2. The molecule has 0 saturated carbocycles. The second-order valence-corrected chi connectivity index (χ2v) is 5.88. The van der Waals surface area contributed by atoms with E-state index in [1.165, 1.54) is 38.1 Å². The normalized spacial score (nSPS) is 18.2. The van der Waals surface area contributed by atoms with Gasteiger partial charge in [-0.2, -0.15) is 0 Å². The van der Waals surface area contributed by atoms with E-state index in [0.29, 0.717) is 6.04 Å². The van der Waals surface area contributed by atoms with E-state index >= 15 is 0 Å². The van der Waals surface area contributed by atoms with Gasteiger partial charge in [-0.05, 0) is 50.6 Å². The number of nitrogens with one attached hydrogen (secondary N) is 1. The lowest BCUT2D eigenvalue weighted by molar-refractivity contribution is 0.298. The molecule has 0 bridgehead atoms. The molecule has 1 aromatic carbocycles. The SMILES string of the molecule is CC(CN1CCCC1)NCc1ccc(F)cc1Br. The lowest BCUT2D eigenvalue weighted by Crippen LogP contribution is -2.37. The molecule has 1 unspecified atom stereocenters. The Morgan fingerprint density at radius 2 is 2.11 bits per heavy atom. The lowest BCUT2D eigenvalue weighted by atomic mass is 10.2. The van der Waals surface area contributed by atoms with Crippen LogP contribution in [0.3, 0.4) is 0 Å². The topological polar surface area (TPSA) is 15.3 Å². The minimum Gasteiger partial charge on any atom is -0.309 e. The van der Waals surface area contributed by atoms with Gasteiger partial charge in [-0.25, -0.2) is 4.39 Å². The minimum absolute atomic E-state index is 0.198. The summed E-state index contributed by atoms with van der Waals surface area (Å²) in [4.78, 5) is 2.50. The molecule has 1 aliphatic heterocycles. The van der Waals surface area contributed by atoms with E-state index in [9.17, 15) is 4.39 Å². The first-order chi connectivity index (χ1) is 8.65. The molecule has 0 radical (unpaired) electrons. The minimum atomic E-state index is -0.198. The monoisotopic (exact) mass is 314 g/mol. The fraction of sp³-hybridized carbons (Fsp3) is 0.571. The van der Waals surface area contributed by atoms with E-state index < -0.39 is 0 Å². The van der Waals surface area contributed by atoms with Gasteiger partial charge in [0.1, 0.15) is 5.82 Å². The van der Waals surface area contributed by atoms with Gasteiger partial charge >= 0.3 is 0 Å². The van der Waals surface area contributed by atoms with Crippen molar-refractivity contribution in [1.82, 2.24) is 10.2 Å². The van der Waals surface area contributed by atoms with Gasteiger partial charge in [-0.3, -0.25) is 0 Å². The number of halogens is 2. The first-order valence-corrected chi connectivity index (χ1v) is 7.34. The highest BCUT2D eigenvalue weighted by atomic mass is 79.9. The van der Waals surface area contributed by atoms with Crippen molar-refractivity contribution < 1.29 is 4.39 Å². The van der Waals surface area contributed by atoms with Crippen molar-refractivity contribution in [3.63, 3.8) is 0 Å². The van der Waals surface area contributed by atoms with Crippen LogP contribution in [0.25, 0.3) is 0 Å². The molecule has 2 rings (SSSR count). The summed E-state index contributed by atoms with van der Waals surface area (Å²) in [5.41, 5.74) is 1.10. The first kappa shape index (κ1) is 14.0. The Bertz CT molecular complexity index is 391. The molecule has 2 nitrogen and oxygen atoms in total. The average Bonchev–Trinajstić information content (AvgIpc) is 2.80. The number of benzene rings is 1.